The van der Waals surface area contributed by atoms with E-state index in [9.17, 15) is 4.79 Å². The number of carbonyl (C=O) groups excluding carboxylic acids is 1. The van der Waals surface area contributed by atoms with Crippen LogP contribution in [0, 0.1) is 6.92 Å². The summed E-state index contributed by atoms with van der Waals surface area (Å²) in [5.74, 6) is 0.712. The van der Waals surface area contributed by atoms with Gasteiger partial charge in [0, 0.05) is 12.1 Å². The molecule has 0 aromatic carbocycles. The molecule has 0 spiro atoms. The largest absolute Gasteiger partial charge is 0.463 e. The summed E-state index contributed by atoms with van der Waals surface area (Å²) >= 11 is 0. The van der Waals surface area contributed by atoms with Gasteiger partial charge < -0.3 is 13.8 Å². The first kappa shape index (κ1) is 17.5. The van der Waals surface area contributed by atoms with Crippen LogP contribution in [0.2, 0.25) is 0 Å². The minimum atomic E-state index is 0.0882. The zero-order valence-electron chi connectivity index (χ0n) is 16.2. The minimum absolute atomic E-state index is 0.0882. The molecular formula is C22H25N3O3. The number of amides is 1. The molecule has 2 aliphatic rings. The molecule has 28 heavy (non-hydrogen) atoms. The quantitative estimate of drug-likeness (QED) is 0.629. The highest BCUT2D eigenvalue weighted by molar-refractivity contribution is 6.07. The lowest BCUT2D eigenvalue weighted by Crippen LogP contribution is -2.45. The topological polar surface area (TPSA) is 72.4 Å². The highest BCUT2D eigenvalue weighted by Crippen LogP contribution is 2.35. The molecule has 2 fully saturated rings. The number of aromatic nitrogens is 2. The van der Waals surface area contributed by atoms with E-state index in [1.807, 2.05) is 25.1 Å². The van der Waals surface area contributed by atoms with Gasteiger partial charge in [-0.15, -0.1) is 0 Å². The fourth-order valence-electron chi connectivity index (χ4n) is 4.95. The molecule has 6 nitrogen and oxygen atoms in total. The van der Waals surface area contributed by atoms with Crippen LogP contribution in [-0.2, 0) is 0 Å². The second kappa shape index (κ2) is 7.08. The summed E-state index contributed by atoms with van der Waals surface area (Å²) in [7, 11) is 0. The van der Waals surface area contributed by atoms with E-state index in [1.165, 1.54) is 25.7 Å². The van der Waals surface area contributed by atoms with Crippen molar-refractivity contribution >= 4 is 17.0 Å². The standard InChI is InChI=1S/C22H25N3O3/c1-14-20-17(13-18(19-11-6-12-27-19)23-21(20)28-24-14)22(26)25(15-7-2-3-8-15)16-9-4-5-10-16/h6,11-13,15-16H,2-5,7-10H2,1H3. The molecule has 0 unspecified atom stereocenters. The fourth-order valence-corrected chi connectivity index (χ4v) is 4.95. The van der Waals surface area contributed by atoms with Crippen LogP contribution in [0.3, 0.4) is 0 Å². The van der Waals surface area contributed by atoms with Gasteiger partial charge in [0.25, 0.3) is 11.6 Å². The first-order valence-corrected chi connectivity index (χ1v) is 10.4. The SMILES string of the molecule is Cc1noc2nc(-c3ccco3)cc(C(=O)N(C3CCCC3)C3CCCC3)c12. The first-order chi connectivity index (χ1) is 13.7. The Morgan fingerprint density at radius 2 is 1.79 bits per heavy atom. The number of carbonyl (C=O) groups is 1. The van der Waals surface area contributed by atoms with Crippen LogP contribution in [0.1, 0.15) is 67.4 Å². The van der Waals surface area contributed by atoms with Gasteiger partial charge in [0.2, 0.25) is 0 Å². The van der Waals surface area contributed by atoms with Crippen molar-refractivity contribution in [1.29, 1.82) is 0 Å². The average molecular weight is 379 g/mol. The number of hydrogen-bond donors (Lipinski definition) is 0. The highest BCUT2D eigenvalue weighted by Gasteiger charge is 2.36. The molecule has 0 radical (unpaired) electrons. The number of fused-ring (bicyclic) bond motifs is 1. The van der Waals surface area contributed by atoms with Gasteiger partial charge in [0.15, 0.2) is 5.76 Å². The van der Waals surface area contributed by atoms with Gasteiger partial charge in [-0.1, -0.05) is 30.8 Å². The molecule has 0 atom stereocenters. The van der Waals surface area contributed by atoms with Gasteiger partial charge in [-0.25, -0.2) is 4.98 Å². The monoisotopic (exact) mass is 379 g/mol. The molecule has 3 heterocycles. The van der Waals surface area contributed by atoms with Crippen molar-refractivity contribution in [2.24, 2.45) is 0 Å². The van der Waals surface area contributed by atoms with E-state index in [1.54, 1.807) is 6.26 Å². The number of aryl methyl sites for hydroxylation is 1. The molecule has 0 saturated heterocycles. The van der Waals surface area contributed by atoms with E-state index in [2.05, 4.69) is 15.0 Å². The third-order valence-electron chi connectivity index (χ3n) is 6.29. The van der Waals surface area contributed by atoms with Gasteiger partial charge >= 0.3 is 0 Å². The lowest BCUT2D eigenvalue weighted by molar-refractivity contribution is 0.0582. The van der Waals surface area contributed by atoms with Gasteiger partial charge in [-0.3, -0.25) is 4.79 Å². The molecule has 0 aliphatic heterocycles. The predicted molar refractivity (Wildman–Crippen MR) is 105 cm³/mol. The molecule has 0 N–H and O–H groups in total. The predicted octanol–water partition coefficient (Wildman–Crippen LogP) is 5.12. The van der Waals surface area contributed by atoms with E-state index >= 15 is 0 Å². The highest BCUT2D eigenvalue weighted by atomic mass is 16.5. The zero-order chi connectivity index (χ0) is 19.1. The number of furan rings is 1. The summed E-state index contributed by atoms with van der Waals surface area (Å²) < 4.78 is 11.0. The molecule has 6 heteroatoms. The van der Waals surface area contributed by atoms with Crippen molar-refractivity contribution in [3.05, 3.63) is 35.7 Å². The second-order valence-electron chi connectivity index (χ2n) is 8.07. The number of pyridine rings is 1. The zero-order valence-corrected chi connectivity index (χ0v) is 16.2. The van der Waals surface area contributed by atoms with Gasteiger partial charge in [0.1, 0.15) is 5.69 Å². The Hall–Kier alpha value is -2.63. The summed E-state index contributed by atoms with van der Waals surface area (Å²) in [6, 6.07) is 6.19. The summed E-state index contributed by atoms with van der Waals surface area (Å²) in [4.78, 5) is 20.6. The first-order valence-electron chi connectivity index (χ1n) is 10.4. The van der Waals surface area contributed by atoms with Gasteiger partial charge in [-0.05, 0) is 50.8 Å². The molecule has 0 bridgehead atoms. The molecular weight excluding hydrogens is 354 g/mol. The Kier molecular flexibility index (Phi) is 4.41. The lowest BCUT2D eigenvalue weighted by Gasteiger charge is -2.35. The van der Waals surface area contributed by atoms with E-state index in [0.717, 1.165) is 31.1 Å². The van der Waals surface area contributed by atoms with Crippen molar-refractivity contribution in [1.82, 2.24) is 15.0 Å². The van der Waals surface area contributed by atoms with Crippen molar-refractivity contribution in [3.8, 4) is 11.5 Å². The second-order valence-corrected chi connectivity index (χ2v) is 8.07. The maximum atomic E-state index is 13.9. The number of rotatable bonds is 4. The third kappa shape index (κ3) is 2.91. The normalized spacial score (nSPS) is 18.3. The van der Waals surface area contributed by atoms with Crippen molar-refractivity contribution < 1.29 is 13.7 Å². The Balaban J connectivity index is 1.63. The van der Waals surface area contributed by atoms with Crippen LogP contribution >= 0.6 is 0 Å². The van der Waals surface area contributed by atoms with Gasteiger partial charge in [0.05, 0.1) is 22.9 Å². The van der Waals surface area contributed by atoms with Crippen LogP contribution in [0.5, 0.6) is 0 Å². The Morgan fingerprint density at radius 3 is 2.39 bits per heavy atom. The van der Waals surface area contributed by atoms with Crippen LogP contribution in [0.15, 0.2) is 33.4 Å². The van der Waals surface area contributed by atoms with Gasteiger partial charge in [-0.2, -0.15) is 0 Å². The van der Waals surface area contributed by atoms with E-state index in [0.29, 0.717) is 40.5 Å². The minimum Gasteiger partial charge on any atom is -0.463 e. The average Bonchev–Trinajstić information content (AvgIpc) is 3.49. The van der Waals surface area contributed by atoms with E-state index in [4.69, 9.17) is 8.94 Å². The lowest BCUT2D eigenvalue weighted by atomic mass is 10.0. The Morgan fingerprint density at radius 1 is 1.11 bits per heavy atom. The van der Waals surface area contributed by atoms with Crippen molar-refractivity contribution in [3.63, 3.8) is 0 Å². The summed E-state index contributed by atoms with van der Waals surface area (Å²) in [6.45, 7) is 1.87. The summed E-state index contributed by atoms with van der Waals surface area (Å²) in [6.07, 6.45) is 10.8. The fraction of sp³-hybridized carbons (Fsp3) is 0.500. The van der Waals surface area contributed by atoms with Crippen LogP contribution in [0.25, 0.3) is 22.6 Å². The summed E-state index contributed by atoms with van der Waals surface area (Å²) in [5, 5.41) is 4.80. The third-order valence-corrected chi connectivity index (χ3v) is 6.29. The smallest absolute Gasteiger partial charge is 0.259 e. The van der Waals surface area contributed by atoms with Crippen molar-refractivity contribution in [2.45, 2.75) is 70.4 Å². The van der Waals surface area contributed by atoms with Crippen LogP contribution in [0.4, 0.5) is 0 Å². The number of hydrogen-bond acceptors (Lipinski definition) is 5. The summed E-state index contributed by atoms with van der Waals surface area (Å²) in [5.41, 5.74) is 2.34. The Bertz CT molecular complexity index is 964. The molecule has 5 rings (SSSR count). The molecule has 146 valence electrons. The van der Waals surface area contributed by atoms with Crippen molar-refractivity contribution in [2.75, 3.05) is 0 Å². The molecule has 3 aromatic heterocycles. The number of nitrogens with zero attached hydrogens (tertiary/aromatic N) is 3. The molecule has 2 aliphatic carbocycles. The van der Waals surface area contributed by atoms with Crippen LogP contribution < -0.4 is 0 Å². The van der Waals surface area contributed by atoms with E-state index in [-0.39, 0.29) is 5.91 Å². The Labute approximate surface area is 163 Å². The van der Waals surface area contributed by atoms with E-state index < -0.39 is 0 Å². The maximum absolute atomic E-state index is 13.9. The molecule has 2 saturated carbocycles. The molecule has 3 aromatic rings. The molecule has 1 amide bonds. The van der Waals surface area contributed by atoms with Crippen LogP contribution in [-0.4, -0.2) is 33.0 Å². The maximum Gasteiger partial charge on any atom is 0.259 e.